The highest BCUT2D eigenvalue weighted by Crippen LogP contribution is 2.18. The molecule has 6 heteroatoms. The number of hydroxylamine groups is 1. The molecule has 6 nitrogen and oxygen atoms in total. The van der Waals surface area contributed by atoms with Crippen LogP contribution in [0.25, 0.3) is 12.2 Å². The van der Waals surface area contributed by atoms with Gasteiger partial charge >= 0.3 is 0 Å². The van der Waals surface area contributed by atoms with Crippen molar-refractivity contribution in [1.29, 1.82) is 0 Å². The van der Waals surface area contributed by atoms with E-state index in [0.717, 1.165) is 49.5 Å². The fourth-order valence-electron chi connectivity index (χ4n) is 3.74. The van der Waals surface area contributed by atoms with Crippen LogP contribution in [0, 0.1) is 5.92 Å². The summed E-state index contributed by atoms with van der Waals surface area (Å²) >= 11 is 0. The van der Waals surface area contributed by atoms with Crippen LogP contribution in [0.3, 0.4) is 0 Å². The van der Waals surface area contributed by atoms with Gasteiger partial charge in [0.1, 0.15) is 0 Å². The van der Waals surface area contributed by atoms with Gasteiger partial charge in [0.05, 0.1) is 0 Å². The first-order valence-electron chi connectivity index (χ1n) is 11.0. The number of amides is 1. The molecule has 0 unspecified atom stereocenters. The van der Waals surface area contributed by atoms with E-state index in [1.807, 2.05) is 48.5 Å². The summed E-state index contributed by atoms with van der Waals surface area (Å²) < 4.78 is 0. The van der Waals surface area contributed by atoms with Gasteiger partial charge in [-0.05, 0) is 53.5 Å². The van der Waals surface area contributed by atoms with Gasteiger partial charge in [0.2, 0.25) is 0 Å². The number of nitrogens with one attached hydrogen (secondary N) is 1. The third-order valence-corrected chi connectivity index (χ3v) is 5.41. The molecule has 32 heavy (non-hydrogen) atoms. The summed E-state index contributed by atoms with van der Waals surface area (Å²) in [6.45, 7) is 9.82. The van der Waals surface area contributed by atoms with Gasteiger partial charge < -0.3 is 4.90 Å². The third-order valence-electron chi connectivity index (χ3n) is 5.41. The Labute approximate surface area is 189 Å². The van der Waals surface area contributed by atoms with Crippen molar-refractivity contribution < 1.29 is 14.8 Å². The van der Waals surface area contributed by atoms with Crippen molar-refractivity contribution in [2.75, 3.05) is 37.6 Å². The maximum atomic E-state index is 12.5. The Morgan fingerprint density at radius 2 is 1.47 bits per heavy atom. The standard InChI is InChI=1S/C26H31N3O3/c1-20(2)19-28-15-17-29(18-16-28)24-11-9-23(10-12-24)25(30)13-7-21-3-5-22(6-4-21)8-14-26(31)27-32/h3-14,20,32H,15-19H2,1-2H3,(H,27,31)/b13-7+,14-8+. The number of anilines is 1. The lowest BCUT2D eigenvalue weighted by atomic mass is 10.1. The van der Waals surface area contributed by atoms with Gasteiger partial charge in [-0.15, -0.1) is 0 Å². The summed E-state index contributed by atoms with van der Waals surface area (Å²) in [5.41, 5.74) is 5.08. The van der Waals surface area contributed by atoms with E-state index < -0.39 is 5.91 Å². The number of hydrogen-bond acceptors (Lipinski definition) is 5. The molecule has 1 fully saturated rings. The highest BCUT2D eigenvalue weighted by Gasteiger charge is 2.17. The zero-order valence-electron chi connectivity index (χ0n) is 18.7. The van der Waals surface area contributed by atoms with Gasteiger partial charge in [-0.1, -0.05) is 44.2 Å². The zero-order valence-corrected chi connectivity index (χ0v) is 18.7. The van der Waals surface area contributed by atoms with Crippen LogP contribution < -0.4 is 10.4 Å². The van der Waals surface area contributed by atoms with E-state index in [4.69, 9.17) is 5.21 Å². The van der Waals surface area contributed by atoms with E-state index in [1.165, 1.54) is 6.08 Å². The quantitative estimate of drug-likeness (QED) is 0.286. The summed E-state index contributed by atoms with van der Waals surface area (Å²) in [7, 11) is 0. The molecule has 1 heterocycles. The van der Waals surface area contributed by atoms with Crippen molar-refractivity contribution in [2.24, 2.45) is 5.92 Å². The fraction of sp³-hybridized carbons (Fsp3) is 0.308. The van der Waals surface area contributed by atoms with Gasteiger partial charge in [0, 0.05) is 50.1 Å². The van der Waals surface area contributed by atoms with E-state index in [1.54, 1.807) is 23.7 Å². The largest absolute Gasteiger partial charge is 0.369 e. The van der Waals surface area contributed by atoms with Gasteiger partial charge in [-0.2, -0.15) is 0 Å². The second kappa shape index (κ2) is 11.4. The van der Waals surface area contributed by atoms with Crippen molar-refractivity contribution in [3.05, 3.63) is 77.4 Å². The van der Waals surface area contributed by atoms with Crippen molar-refractivity contribution in [1.82, 2.24) is 10.4 Å². The molecule has 1 saturated heterocycles. The number of ketones is 1. The van der Waals surface area contributed by atoms with Gasteiger partial charge in [-0.25, -0.2) is 5.48 Å². The lowest BCUT2D eigenvalue weighted by Crippen LogP contribution is -2.47. The lowest BCUT2D eigenvalue weighted by Gasteiger charge is -2.36. The molecule has 1 aliphatic heterocycles. The molecule has 0 saturated carbocycles. The maximum absolute atomic E-state index is 12.5. The molecule has 0 atom stereocenters. The molecular formula is C26H31N3O3. The Bertz CT molecular complexity index is 955. The number of carbonyl (C=O) groups excluding carboxylic acids is 2. The number of piperazine rings is 1. The average Bonchev–Trinajstić information content (AvgIpc) is 2.82. The van der Waals surface area contributed by atoms with Crippen molar-refractivity contribution >= 4 is 29.5 Å². The molecule has 1 amide bonds. The molecular weight excluding hydrogens is 402 g/mol. The van der Waals surface area contributed by atoms with Crippen LogP contribution in [0.1, 0.15) is 35.3 Å². The molecule has 168 valence electrons. The molecule has 2 aromatic rings. The molecule has 0 radical (unpaired) electrons. The number of allylic oxidation sites excluding steroid dienone is 1. The number of hydrogen-bond donors (Lipinski definition) is 2. The molecule has 0 aliphatic carbocycles. The number of benzene rings is 2. The first kappa shape index (κ1) is 23.4. The SMILES string of the molecule is CC(C)CN1CCN(c2ccc(C(=O)/C=C/c3ccc(/C=C/C(=O)NO)cc3)cc2)CC1. The van der Waals surface area contributed by atoms with Crippen LogP contribution in [0.5, 0.6) is 0 Å². The number of rotatable bonds is 8. The highest BCUT2D eigenvalue weighted by atomic mass is 16.5. The molecule has 2 N–H and O–H groups in total. The van der Waals surface area contributed by atoms with Gasteiger partial charge in [0.25, 0.3) is 5.91 Å². The van der Waals surface area contributed by atoms with E-state index in [-0.39, 0.29) is 5.78 Å². The van der Waals surface area contributed by atoms with Crippen molar-refractivity contribution in [3.63, 3.8) is 0 Å². The lowest BCUT2D eigenvalue weighted by molar-refractivity contribution is -0.124. The summed E-state index contributed by atoms with van der Waals surface area (Å²) in [6.07, 6.45) is 6.18. The molecule has 0 spiro atoms. The average molecular weight is 434 g/mol. The topological polar surface area (TPSA) is 72.9 Å². The van der Waals surface area contributed by atoms with Crippen molar-refractivity contribution in [2.45, 2.75) is 13.8 Å². The molecule has 1 aliphatic rings. The number of nitrogens with zero attached hydrogens (tertiary/aromatic N) is 2. The minimum Gasteiger partial charge on any atom is -0.369 e. The predicted molar refractivity (Wildman–Crippen MR) is 129 cm³/mol. The summed E-state index contributed by atoms with van der Waals surface area (Å²) in [6, 6.07) is 15.2. The Morgan fingerprint density at radius 1 is 0.906 bits per heavy atom. The molecule has 0 aromatic heterocycles. The Kier molecular flexibility index (Phi) is 8.36. The second-order valence-corrected chi connectivity index (χ2v) is 8.40. The second-order valence-electron chi connectivity index (χ2n) is 8.40. The van der Waals surface area contributed by atoms with Crippen LogP contribution in [-0.2, 0) is 4.79 Å². The van der Waals surface area contributed by atoms with Crippen molar-refractivity contribution in [3.8, 4) is 0 Å². The zero-order chi connectivity index (χ0) is 22.9. The van der Waals surface area contributed by atoms with E-state index in [9.17, 15) is 9.59 Å². The van der Waals surface area contributed by atoms with Crippen LogP contribution in [0.15, 0.2) is 60.7 Å². The Morgan fingerprint density at radius 3 is 2.00 bits per heavy atom. The van der Waals surface area contributed by atoms with E-state index in [0.29, 0.717) is 11.5 Å². The molecule has 0 bridgehead atoms. The predicted octanol–water partition coefficient (Wildman–Crippen LogP) is 3.88. The van der Waals surface area contributed by atoms with E-state index in [2.05, 4.69) is 23.6 Å². The summed E-state index contributed by atoms with van der Waals surface area (Å²) in [4.78, 5) is 28.5. The molecule has 3 rings (SSSR count). The minimum atomic E-state index is -0.584. The third kappa shape index (κ3) is 6.90. The first-order chi connectivity index (χ1) is 15.4. The normalized spacial score (nSPS) is 15.1. The monoisotopic (exact) mass is 433 g/mol. The smallest absolute Gasteiger partial charge is 0.267 e. The maximum Gasteiger partial charge on any atom is 0.267 e. The summed E-state index contributed by atoms with van der Waals surface area (Å²) in [5.74, 6) is 0.0654. The van der Waals surface area contributed by atoms with Crippen LogP contribution in [0.2, 0.25) is 0 Å². The Hall–Kier alpha value is -3.22. The molecule has 2 aromatic carbocycles. The highest BCUT2D eigenvalue weighted by molar-refractivity contribution is 6.07. The van der Waals surface area contributed by atoms with Gasteiger partial charge in [-0.3, -0.25) is 19.7 Å². The number of carbonyl (C=O) groups is 2. The van der Waals surface area contributed by atoms with Crippen LogP contribution in [0.4, 0.5) is 5.69 Å². The van der Waals surface area contributed by atoms with Gasteiger partial charge in [0.15, 0.2) is 5.78 Å². The first-order valence-corrected chi connectivity index (χ1v) is 11.0. The Balaban J connectivity index is 1.54. The van der Waals surface area contributed by atoms with Crippen LogP contribution >= 0.6 is 0 Å². The fourth-order valence-corrected chi connectivity index (χ4v) is 3.74. The summed E-state index contributed by atoms with van der Waals surface area (Å²) in [5, 5.41) is 8.49. The van der Waals surface area contributed by atoms with E-state index >= 15 is 0 Å². The minimum absolute atomic E-state index is 0.0399. The van der Waals surface area contributed by atoms with Crippen LogP contribution in [-0.4, -0.2) is 54.5 Å².